The maximum absolute atomic E-state index is 12.6. The monoisotopic (exact) mass is 375 g/mol. The lowest BCUT2D eigenvalue weighted by Crippen LogP contribution is -2.48. The Balaban J connectivity index is 1.28. The molecule has 1 atom stereocenters. The minimum atomic E-state index is -0.260. The van der Waals surface area contributed by atoms with E-state index >= 15 is 0 Å². The van der Waals surface area contributed by atoms with Gasteiger partial charge in [-0.25, -0.2) is 0 Å². The summed E-state index contributed by atoms with van der Waals surface area (Å²) in [5.74, 6) is 2.21. The van der Waals surface area contributed by atoms with Crippen LogP contribution in [0.4, 0.5) is 0 Å². The van der Waals surface area contributed by atoms with Crippen molar-refractivity contribution in [3.8, 4) is 0 Å². The van der Waals surface area contributed by atoms with Crippen molar-refractivity contribution in [1.82, 2.24) is 5.32 Å². The SMILES string of the molecule is C[C@@H](NC(=O)COC(=O)C1C2CC3CC(C2)CC1C3)c1ccc(Cl)cc1. The molecule has 0 unspecified atom stereocenters. The van der Waals surface area contributed by atoms with E-state index in [1.54, 1.807) is 12.1 Å². The van der Waals surface area contributed by atoms with Crippen LogP contribution >= 0.6 is 11.6 Å². The lowest BCUT2D eigenvalue weighted by Gasteiger charge is -2.53. The summed E-state index contributed by atoms with van der Waals surface area (Å²) < 4.78 is 5.41. The van der Waals surface area contributed by atoms with Crippen LogP contribution in [0.5, 0.6) is 0 Å². The molecule has 4 aliphatic carbocycles. The topological polar surface area (TPSA) is 55.4 Å². The van der Waals surface area contributed by atoms with Gasteiger partial charge in [0.1, 0.15) is 0 Å². The lowest BCUT2D eigenvalue weighted by atomic mass is 9.52. The van der Waals surface area contributed by atoms with Crippen molar-refractivity contribution in [3.63, 3.8) is 0 Å². The van der Waals surface area contributed by atoms with Crippen LogP contribution in [0.25, 0.3) is 0 Å². The largest absolute Gasteiger partial charge is 0.455 e. The average molecular weight is 376 g/mol. The molecule has 0 heterocycles. The molecule has 1 aromatic rings. The number of ether oxygens (including phenoxy) is 1. The van der Waals surface area contributed by atoms with Crippen LogP contribution in [-0.4, -0.2) is 18.5 Å². The number of halogens is 1. The highest BCUT2D eigenvalue weighted by atomic mass is 35.5. The molecule has 140 valence electrons. The molecule has 1 amide bonds. The summed E-state index contributed by atoms with van der Waals surface area (Å²) in [4.78, 5) is 24.8. The molecule has 0 aromatic heterocycles. The van der Waals surface area contributed by atoms with Crippen LogP contribution in [0, 0.1) is 29.6 Å². The van der Waals surface area contributed by atoms with Crippen molar-refractivity contribution in [2.75, 3.05) is 6.61 Å². The van der Waals surface area contributed by atoms with Crippen molar-refractivity contribution >= 4 is 23.5 Å². The van der Waals surface area contributed by atoms with Crippen LogP contribution in [0.15, 0.2) is 24.3 Å². The van der Waals surface area contributed by atoms with Gasteiger partial charge in [-0.1, -0.05) is 23.7 Å². The first kappa shape index (κ1) is 17.8. The van der Waals surface area contributed by atoms with Crippen molar-refractivity contribution < 1.29 is 14.3 Å². The molecule has 5 heteroatoms. The van der Waals surface area contributed by atoms with E-state index < -0.39 is 0 Å². The van der Waals surface area contributed by atoms with E-state index in [2.05, 4.69) is 5.32 Å². The Morgan fingerprint density at radius 1 is 1.08 bits per heavy atom. The molecule has 0 aliphatic heterocycles. The standard InChI is InChI=1S/C21H26ClNO3/c1-12(15-2-4-18(22)5-3-15)23-19(24)11-26-21(25)20-16-7-13-6-14(9-16)10-17(20)8-13/h2-5,12-14,16-17,20H,6-11H2,1H3,(H,23,24)/t12-,13?,14?,16?,17?,20?/m1/s1. The summed E-state index contributed by atoms with van der Waals surface area (Å²) in [5.41, 5.74) is 0.968. The Bertz CT molecular complexity index is 659. The summed E-state index contributed by atoms with van der Waals surface area (Å²) in [5, 5.41) is 3.54. The van der Waals surface area contributed by atoms with Gasteiger partial charge >= 0.3 is 5.97 Å². The van der Waals surface area contributed by atoms with Crippen molar-refractivity contribution in [3.05, 3.63) is 34.9 Å². The molecule has 4 saturated carbocycles. The molecule has 0 spiro atoms. The minimum absolute atomic E-state index is 0.0179. The average Bonchev–Trinajstić information content (AvgIpc) is 2.59. The summed E-state index contributed by atoms with van der Waals surface area (Å²) in [6, 6.07) is 7.21. The Morgan fingerprint density at radius 3 is 2.23 bits per heavy atom. The summed E-state index contributed by atoms with van der Waals surface area (Å²) >= 11 is 5.89. The van der Waals surface area contributed by atoms with Gasteiger partial charge in [-0.05, 0) is 80.4 Å². The predicted molar refractivity (Wildman–Crippen MR) is 99.5 cm³/mol. The fraction of sp³-hybridized carbons (Fsp3) is 0.619. The molecule has 4 fully saturated rings. The van der Waals surface area contributed by atoms with E-state index in [9.17, 15) is 9.59 Å². The van der Waals surface area contributed by atoms with Crippen molar-refractivity contribution in [2.45, 2.75) is 45.1 Å². The number of carbonyl (C=O) groups excluding carboxylic acids is 2. The van der Waals surface area contributed by atoms with E-state index in [4.69, 9.17) is 16.3 Å². The van der Waals surface area contributed by atoms with E-state index in [1.807, 2.05) is 19.1 Å². The molecular weight excluding hydrogens is 350 g/mol. The van der Waals surface area contributed by atoms with Gasteiger partial charge in [-0.15, -0.1) is 0 Å². The first-order valence-corrected chi connectivity index (χ1v) is 10.1. The number of hydrogen-bond acceptors (Lipinski definition) is 3. The normalized spacial score (nSPS) is 32.9. The predicted octanol–water partition coefficient (Wildman–Crippen LogP) is 4.13. The Labute approximate surface area is 159 Å². The summed E-state index contributed by atoms with van der Waals surface area (Å²) in [7, 11) is 0. The first-order valence-electron chi connectivity index (χ1n) is 9.71. The van der Waals surface area contributed by atoms with Crippen molar-refractivity contribution in [2.24, 2.45) is 29.6 Å². The second kappa shape index (κ2) is 7.22. The number of carbonyl (C=O) groups is 2. The number of amides is 1. The van der Waals surface area contributed by atoms with Gasteiger partial charge in [0.25, 0.3) is 5.91 Å². The zero-order chi connectivity index (χ0) is 18.3. The van der Waals surface area contributed by atoms with E-state index in [1.165, 1.54) is 32.1 Å². The van der Waals surface area contributed by atoms with Gasteiger partial charge in [-0.3, -0.25) is 9.59 Å². The molecule has 1 N–H and O–H groups in total. The maximum atomic E-state index is 12.6. The maximum Gasteiger partial charge on any atom is 0.310 e. The van der Waals surface area contributed by atoms with Crippen LogP contribution < -0.4 is 5.32 Å². The number of rotatable bonds is 5. The molecule has 4 nitrogen and oxygen atoms in total. The highest BCUT2D eigenvalue weighted by Gasteiger charge is 2.51. The third-order valence-electron chi connectivity index (χ3n) is 6.59. The first-order chi connectivity index (χ1) is 12.5. The van der Waals surface area contributed by atoms with Crippen LogP contribution in [-0.2, 0) is 14.3 Å². The molecular formula is C21H26ClNO3. The molecule has 26 heavy (non-hydrogen) atoms. The number of nitrogens with one attached hydrogen (secondary N) is 1. The van der Waals surface area contributed by atoms with Crippen molar-refractivity contribution in [1.29, 1.82) is 0 Å². The smallest absolute Gasteiger partial charge is 0.310 e. The van der Waals surface area contributed by atoms with E-state index in [0.29, 0.717) is 16.9 Å². The second-order valence-corrected chi connectivity index (χ2v) is 8.84. The third kappa shape index (κ3) is 3.62. The molecule has 4 aliphatic rings. The summed E-state index contributed by atoms with van der Waals surface area (Å²) in [6.45, 7) is 1.71. The molecule has 0 radical (unpaired) electrons. The molecule has 0 saturated heterocycles. The number of esters is 1. The van der Waals surface area contributed by atoms with E-state index in [0.717, 1.165) is 17.4 Å². The third-order valence-corrected chi connectivity index (χ3v) is 6.84. The number of hydrogen-bond donors (Lipinski definition) is 1. The highest BCUT2D eigenvalue weighted by Crippen LogP contribution is 2.56. The Kier molecular flexibility index (Phi) is 4.96. The van der Waals surface area contributed by atoms with Crippen LogP contribution in [0.2, 0.25) is 5.02 Å². The fourth-order valence-electron chi connectivity index (χ4n) is 5.66. The van der Waals surface area contributed by atoms with Crippen LogP contribution in [0.3, 0.4) is 0 Å². The summed E-state index contributed by atoms with van der Waals surface area (Å²) in [6.07, 6.45) is 6.05. The van der Waals surface area contributed by atoms with Gasteiger partial charge < -0.3 is 10.1 Å². The molecule has 4 bridgehead atoms. The quantitative estimate of drug-likeness (QED) is 0.787. The van der Waals surface area contributed by atoms with Gasteiger partial charge in [0, 0.05) is 5.02 Å². The van der Waals surface area contributed by atoms with Gasteiger partial charge in [0.2, 0.25) is 0 Å². The highest BCUT2D eigenvalue weighted by molar-refractivity contribution is 6.30. The zero-order valence-electron chi connectivity index (χ0n) is 15.1. The number of benzene rings is 1. The second-order valence-electron chi connectivity index (χ2n) is 8.40. The van der Waals surface area contributed by atoms with Gasteiger partial charge in [0.15, 0.2) is 6.61 Å². The van der Waals surface area contributed by atoms with Gasteiger partial charge in [0.05, 0.1) is 12.0 Å². The Morgan fingerprint density at radius 2 is 1.65 bits per heavy atom. The Hall–Kier alpha value is -1.55. The van der Waals surface area contributed by atoms with Crippen LogP contribution in [0.1, 0.15) is 50.6 Å². The lowest BCUT2D eigenvalue weighted by molar-refractivity contribution is -0.164. The molecule has 5 rings (SSSR count). The zero-order valence-corrected chi connectivity index (χ0v) is 15.9. The molecule has 1 aromatic carbocycles. The van der Waals surface area contributed by atoms with E-state index in [-0.39, 0.29) is 30.4 Å². The fourth-order valence-corrected chi connectivity index (χ4v) is 5.79. The van der Waals surface area contributed by atoms with Gasteiger partial charge in [-0.2, -0.15) is 0 Å². The minimum Gasteiger partial charge on any atom is -0.455 e.